The Balaban J connectivity index is 2.07. The molecule has 1 aromatic heterocycles. The molecular formula is C17H12BrNO2S. The molecule has 0 saturated heterocycles. The normalized spacial score (nSPS) is 11.3. The minimum Gasteiger partial charge on any atom is -0.256 e. The van der Waals surface area contributed by atoms with Crippen LogP contribution in [-0.2, 0) is 9.84 Å². The van der Waals surface area contributed by atoms with Gasteiger partial charge in [-0.15, -0.1) is 0 Å². The van der Waals surface area contributed by atoms with Gasteiger partial charge in [0.2, 0.25) is 9.84 Å². The van der Waals surface area contributed by atoms with Gasteiger partial charge in [0.1, 0.15) is 0 Å². The van der Waals surface area contributed by atoms with Crippen LogP contribution in [0.3, 0.4) is 0 Å². The molecule has 3 aromatic rings. The van der Waals surface area contributed by atoms with Gasteiger partial charge in [-0.1, -0.05) is 34.1 Å². The predicted molar refractivity (Wildman–Crippen MR) is 89.3 cm³/mol. The summed E-state index contributed by atoms with van der Waals surface area (Å²) in [7, 11) is -3.53. The first-order chi connectivity index (χ1) is 10.6. The Morgan fingerprint density at radius 1 is 0.818 bits per heavy atom. The van der Waals surface area contributed by atoms with Crippen molar-refractivity contribution in [2.24, 2.45) is 0 Å². The molecule has 0 unspecified atom stereocenters. The van der Waals surface area contributed by atoms with Crippen LogP contribution in [0.25, 0.3) is 11.3 Å². The van der Waals surface area contributed by atoms with E-state index in [4.69, 9.17) is 0 Å². The second-order valence-electron chi connectivity index (χ2n) is 4.70. The fourth-order valence-electron chi connectivity index (χ4n) is 2.11. The van der Waals surface area contributed by atoms with E-state index in [-0.39, 0.29) is 9.79 Å². The molecule has 0 N–H and O–H groups in total. The molecule has 0 aliphatic heterocycles. The SMILES string of the molecule is O=S(=O)(c1ccc(Br)cc1)c1cccc(-c2ccccn2)c1. The van der Waals surface area contributed by atoms with Crippen LogP contribution in [0.4, 0.5) is 0 Å². The van der Waals surface area contributed by atoms with Crippen LogP contribution in [0.2, 0.25) is 0 Å². The maximum Gasteiger partial charge on any atom is 0.206 e. The molecule has 0 aliphatic rings. The minimum atomic E-state index is -3.53. The van der Waals surface area contributed by atoms with Crippen molar-refractivity contribution in [3.05, 3.63) is 77.4 Å². The Bertz CT molecular complexity index is 891. The zero-order chi connectivity index (χ0) is 15.6. The summed E-state index contributed by atoms with van der Waals surface area (Å²) in [6, 6.07) is 19.0. The quantitative estimate of drug-likeness (QED) is 0.685. The highest BCUT2D eigenvalue weighted by Gasteiger charge is 2.18. The molecule has 0 fully saturated rings. The van der Waals surface area contributed by atoms with E-state index >= 15 is 0 Å². The molecule has 3 rings (SSSR count). The van der Waals surface area contributed by atoms with E-state index in [1.54, 1.807) is 48.7 Å². The number of rotatable bonds is 3. The van der Waals surface area contributed by atoms with Gasteiger partial charge in [-0.25, -0.2) is 8.42 Å². The monoisotopic (exact) mass is 373 g/mol. The molecule has 3 nitrogen and oxygen atoms in total. The van der Waals surface area contributed by atoms with Crippen LogP contribution < -0.4 is 0 Å². The lowest BCUT2D eigenvalue weighted by Gasteiger charge is -2.07. The van der Waals surface area contributed by atoms with E-state index in [1.807, 2.05) is 24.3 Å². The van der Waals surface area contributed by atoms with Gasteiger partial charge in [0, 0.05) is 16.2 Å². The summed E-state index contributed by atoms with van der Waals surface area (Å²) in [5.41, 5.74) is 1.52. The Kier molecular flexibility index (Phi) is 4.09. The Morgan fingerprint density at radius 3 is 2.27 bits per heavy atom. The number of hydrogen-bond donors (Lipinski definition) is 0. The van der Waals surface area contributed by atoms with Gasteiger partial charge in [0.25, 0.3) is 0 Å². The lowest BCUT2D eigenvalue weighted by Crippen LogP contribution is -2.02. The number of benzene rings is 2. The van der Waals surface area contributed by atoms with Crippen LogP contribution in [0.5, 0.6) is 0 Å². The maximum absolute atomic E-state index is 12.7. The molecule has 0 saturated carbocycles. The first-order valence-electron chi connectivity index (χ1n) is 6.59. The number of sulfone groups is 1. The van der Waals surface area contributed by atoms with Crippen LogP contribution >= 0.6 is 15.9 Å². The van der Waals surface area contributed by atoms with Gasteiger partial charge >= 0.3 is 0 Å². The first-order valence-corrected chi connectivity index (χ1v) is 8.87. The molecule has 110 valence electrons. The summed E-state index contributed by atoms with van der Waals surface area (Å²) in [5.74, 6) is 0. The Labute approximate surface area is 137 Å². The third-order valence-electron chi connectivity index (χ3n) is 3.23. The minimum absolute atomic E-state index is 0.262. The third kappa shape index (κ3) is 2.96. The van der Waals surface area contributed by atoms with Gasteiger partial charge in [-0.3, -0.25) is 4.98 Å². The fourth-order valence-corrected chi connectivity index (χ4v) is 3.68. The molecule has 0 bridgehead atoms. The highest BCUT2D eigenvalue weighted by molar-refractivity contribution is 9.10. The van der Waals surface area contributed by atoms with Gasteiger partial charge < -0.3 is 0 Å². The fraction of sp³-hybridized carbons (Fsp3) is 0. The number of halogens is 1. The average Bonchev–Trinajstić information content (AvgIpc) is 2.56. The van der Waals surface area contributed by atoms with Gasteiger partial charge in [0.05, 0.1) is 15.5 Å². The molecule has 0 spiro atoms. The van der Waals surface area contributed by atoms with E-state index in [0.29, 0.717) is 0 Å². The molecule has 0 aliphatic carbocycles. The van der Waals surface area contributed by atoms with E-state index < -0.39 is 9.84 Å². The molecule has 0 atom stereocenters. The number of pyridine rings is 1. The highest BCUT2D eigenvalue weighted by atomic mass is 79.9. The molecule has 0 radical (unpaired) electrons. The van der Waals surface area contributed by atoms with Crippen LogP contribution in [-0.4, -0.2) is 13.4 Å². The van der Waals surface area contributed by atoms with Crippen molar-refractivity contribution in [3.63, 3.8) is 0 Å². The predicted octanol–water partition coefficient (Wildman–Crippen LogP) is 4.34. The topological polar surface area (TPSA) is 47.0 Å². The first kappa shape index (κ1) is 14.9. The lowest BCUT2D eigenvalue weighted by atomic mass is 10.1. The lowest BCUT2D eigenvalue weighted by molar-refractivity contribution is 0.596. The van der Waals surface area contributed by atoms with Crippen molar-refractivity contribution in [1.82, 2.24) is 4.98 Å². The van der Waals surface area contributed by atoms with Crippen molar-refractivity contribution in [1.29, 1.82) is 0 Å². The van der Waals surface area contributed by atoms with Gasteiger partial charge in [0.15, 0.2) is 0 Å². The maximum atomic E-state index is 12.7. The highest BCUT2D eigenvalue weighted by Crippen LogP contribution is 2.26. The van der Waals surface area contributed by atoms with Crippen molar-refractivity contribution in [2.45, 2.75) is 9.79 Å². The third-order valence-corrected chi connectivity index (χ3v) is 5.52. The van der Waals surface area contributed by atoms with Crippen LogP contribution in [0.15, 0.2) is 87.2 Å². The molecule has 0 amide bonds. The summed E-state index contributed by atoms with van der Waals surface area (Å²) in [4.78, 5) is 4.79. The van der Waals surface area contributed by atoms with Crippen molar-refractivity contribution >= 4 is 25.8 Å². The second kappa shape index (κ2) is 6.02. The Morgan fingerprint density at radius 2 is 1.59 bits per heavy atom. The van der Waals surface area contributed by atoms with E-state index in [2.05, 4.69) is 20.9 Å². The molecule has 2 aromatic carbocycles. The van der Waals surface area contributed by atoms with Crippen LogP contribution in [0.1, 0.15) is 0 Å². The van der Waals surface area contributed by atoms with E-state index in [0.717, 1.165) is 15.7 Å². The van der Waals surface area contributed by atoms with Gasteiger partial charge in [-0.05, 0) is 48.5 Å². The molecular weight excluding hydrogens is 362 g/mol. The summed E-state index contributed by atoms with van der Waals surface area (Å²) < 4.78 is 26.2. The molecule has 1 heterocycles. The number of nitrogens with zero attached hydrogens (tertiary/aromatic N) is 1. The average molecular weight is 374 g/mol. The second-order valence-corrected chi connectivity index (χ2v) is 7.57. The summed E-state index contributed by atoms with van der Waals surface area (Å²) in [5, 5.41) is 0. The van der Waals surface area contributed by atoms with Crippen molar-refractivity contribution in [2.75, 3.05) is 0 Å². The smallest absolute Gasteiger partial charge is 0.206 e. The van der Waals surface area contributed by atoms with Gasteiger partial charge in [-0.2, -0.15) is 0 Å². The standard InChI is InChI=1S/C17H12BrNO2S/c18-14-7-9-15(10-8-14)22(20,21)16-5-3-4-13(12-16)17-6-1-2-11-19-17/h1-12H. The molecule has 5 heteroatoms. The largest absolute Gasteiger partial charge is 0.256 e. The van der Waals surface area contributed by atoms with E-state index in [9.17, 15) is 8.42 Å². The number of hydrogen-bond acceptors (Lipinski definition) is 3. The molecule has 22 heavy (non-hydrogen) atoms. The zero-order valence-electron chi connectivity index (χ0n) is 11.5. The zero-order valence-corrected chi connectivity index (χ0v) is 13.9. The number of aromatic nitrogens is 1. The summed E-state index contributed by atoms with van der Waals surface area (Å²) in [6.45, 7) is 0. The van der Waals surface area contributed by atoms with Crippen molar-refractivity contribution in [3.8, 4) is 11.3 Å². The van der Waals surface area contributed by atoms with E-state index in [1.165, 1.54) is 0 Å². The Hall–Kier alpha value is -1.98. The van der Waals surface area contributed by atoms with Crippen molar-refractivity contribution < 1.29 is 8.42 Å². The summed E-state index contributed by atoms with van der Waals surface area (Å²) in [6.07, 6.45) is 1.69. The van der Waals surface area contributed by atoms with Crippen LogP contribution in [0, 0.1) is 0 Å². The summed E-state index contributed by atoms with van der Waals surface area (Å²) >= 11 is 3.31.